The molecule has 3 rings (SSSR count). The minimum absolute atomic E-state index is 0.0195. The average Bonchev–Trinajstić information content (AvgIpc) is 3.15. The molecular formula is C23H31N3O2. The van der Waals surface area contributed by atoms with Crippen molar-refractivity contribution in [2.24, 2.45) is 0 Å². The van der Waals surface area contributed by atoms with E-state index in [-0.39, 0.29) is 18.1 Å². The first-order valence-electron chi connectivity index (χ1n) is 10.1. The van der Waals surface area contributed by atoms with Crippen LogP contribution in [0.15, 0.2) is 60.7 Å². The fraction of sp³-hybridized carbons (Fsp3) is 0.435. The Morgan fingerprint density at radius 1 is 1.18 bits per heavy atom. The van der Waals surface area contributed by atoms with Crippen LogP contribution < -0.4 is 5.32 Å². The molecule has 1 aliphatic rings. The Morgan fingerprint density at radius 3 is 2.50 bits per heavy atom. The van der Waals surface area contributed by atoms with Crippen molar-refractivity contribution >= 4 is 5.91 Å². The zero-order valence-corrected chi connectivity index (χ0v) is 16.6. The van der Waals surface area contributed by atoms with E-state index in [2.05, 4.69) is 46.4 Å². The lowest BCUT2D eigenvalue weighted by molar-refractivity contribution is 0.0950. The van der Waals surface area contributed by atoms with Gasteiger partial charge in [-0.05, 0) is 37.6 Å². The number of rotatable bonds is 9. The first-order chi connectivity index (χ1) is 13.6. The number of nitrogens with zero attached hydrogens (tertiary/aromatic N) is 2. The molecule has 0 aliphatic carbocycles. The van der Waals surface area contributed by atoms with Crippen LogP contribution in [0, 0.1) is 0 Å². The van der Waals surface area contributed by atoms with E-state index in [0.29, 0.717) is 12.1 Å². The summed E-state index contributed by atoms with van der Waals surface area (Å²) in [7, 11) is 2.14. The van der Waals surface area contributed by atoms with Crippen molar-refractivity contribution in [3.05, 3.63) is 71.8 Å². The van der Waals surface area contributed by atoms with Crippen LogP contribution in [0.25, 0.3) is 0 Å². The first kappa shape index (κ1) is 20.5. The molecule has 2 aromatic rings. The summed E-state index contributed by atoms with van der Waals surface area (Å²) in [6.45, 7) is 4.16. The molecule has 1 saturated heterocycles. The van der Waals surface area contributed by atoms with Crippen molar-refractivity contribution in [3.63, 3.8) is 0 Å². The zero-order valence-electron chi connectivity index (χ0n) is 16.6. The fourth-order valence-corrected chi connectivity index (χ4v) is 3.77. The van der Waals surface area contributed by atoms with Gasteiger partial charge in [0.2, 0.25) is 0 Å². The van der Waals surface area contributed by atoms with Gasteiger partial charge in [0, 0.05) is 44.3 Å². The highest BCUT2D eigenvalue weighted by Gasteiger charge is 2.25. The molecule has 28 heavy (non-hydrogen) atoms. The maximum atomic E-state index is 12.2. The van der Waals surface area contributed by atoms with Crippen LogP contribution in [0.1, 0.15) is 34.8 Å². The van der Waals surface area contributed by atoms with Crippen molar-refractivity contribution in [2.75, 3.05) is 39.8 Å². The molecule has 1 fully saturated rings. The number of aliphatic hydroxyl groups excluding tert-OH is 1. The Hall–Kier alpha value is -2.21. The quantitative estimate of drug-likeness (QED) is 0.656. The monoisotopic (exact) mass is 381 g/mol. The fourth-order valence-electron chi connectivity index (χ4n) is 3.77. The Labute approximate surface area is 168 Å². The van der Waals surface area contributed by atoms with Crippen molar-refractivity contribution in [3.8, 4) is 0 Å². The summed E-state index contributed by atoms with van der Waals surface area (Å²) in [6.07, 6.45) is 1.55. The molecule has 0 spiro atoms. The smallest absolute Gasteiger partial charge is 0.251 e. The minimum Gasteiger partial charge on any atom is -0.392 e. The van der Waals surface area contributed by atoms with Crippen LogP contribution in [0.3, 0.4) is 0 Å². The molecule has 150 valence electrons. The summed E-state index contributed by atoms with van der Waals surface area (Å²) in [6, 6.07) is 20.1. The van der Waals surface area contributed by atoms with E-state index in [1.165, 1.54) is 5.56 Å². The molecule has 2 N–H and O–H groups in total. The molecule has 5 heteroatoms. The third kappa shape index (κ3) is 5.89. The number of likely N-dealkylation sites (tertiary alicyclic amines) is 1. The number of benzene rings is 2. The predicted molar refractivity (Wildman–Crippen MR) is 112 cm³/mol. The number of nitrogens with one attached hydrogen (secondary N) is 1. The number of hydrogen-bond donors (Lipinski definition) is 2. The molecule has 1 heterocycles. The van der Waals surface area contributed by atoms with Crippen LogP contribution in [0.4, 0.5) is 0 Å². The largest absolute Gasteiger partial charge is 0.392 e. The summed E-state index contributed by atoms with van der Waals surface area (Å²) >= 11 is 0. The summed E-state index contributed by atoms with van der Waals surface area (Å²) in [5.74, 6) is -0.0195. The third-order valence-corrected chi connectivity index (χ3v) is 5.40. The van der Waals surface area contributed by atoms with Crippen molar-refractivity contribution in [2.45, 2.75) is 25.0 Å². The zero-order chi connectivity index (χ0) is 19.8. The molecule has 5 nitrogen and oxygen atoms in total. The highest BCUT2D eigenvalue weighted by molar-refractivity contribution is 5.94. The van der Waals surface area contributed by atoms with Gasteiger partial charge in [-0.3, -0.25) is 14.6 Å². The van der Waals surface area contributed by atoms with Gasteiger partial charge >= 0.3 is 0 Å². The Balaban J connectivity index is 1.51. The summed E-state index contributed by atoms with van der Waals surface area (Å²) in [5.41, 5.74) is 1.99. The lowest BCUT2D eigenvalue weighted by atomic mass is 10.0. The number of likely N-dealkylation sites (N-methyl/N-ethyl adjacent to an activating group) is 1. The lowest BCUT2D eigenvalue weighted by Gasteiger charge is -2.32. The van der Waals surface area contributed by atoms with Gasteiger partial charge in [0.15, 0.2) is 0 Å². The van der Waals surface area contributed by atoms with Gasteiger partial charge < -0.3 is 10.4 Å². The van der Waals surface area contributed by atoms with E-state index >= 15 is 0 Å². The second-order valence-electron chi connectivity index (χ2n) is 7.58. The van der Waals surface area contributed by atoms with Gasteiger partial charge in [0.25, 0.3) is 5.91 Å². The van der Waals surface area contributed by atoms with Crippen LogP contribution in [-0.2, 0) is 0 Å². The van der Waals surface area contributed by atoms with E-state index in [9.17, 15) is 9.90 Å². The third-order valence-electron chi connectivity index (χ3n) is 5.40. The second-order valence-corrected chi connectivity index (χ2v) is 7.58. The normalized spacial score (nSPS) is 18.3. The van der Waals surface area contributed by atoms with Crippen molar-refractivity contribution in [1.29, 1.82) is 0 Å². The maximum absolute atomic E-state index is 12.2. The van der Waals surface area contributed by atoms with Gasteiger partial charge in [0.1, 0.15) is 0 Å². The molecule has 2 aromatic carbocycles. The highest BCUT2D eigenvalue weighted by atomic mass is 16.3. The van der Waals surface area contributed by atoms with E-state index in [1.807, 2.05) is 36.4 Å². The average molecular weight is 382 g/mol. The second kappa shape index (κ2) is 10.4. The van der Waals surface area contributed by atoms with Crippen LogP contribution >= 0.6 is 0 Å². The van der Waals surface area contributed by atoms with Gasteiger partial charge in [-0.25, -0.2) is 0 Å². The van der Waals surface area contributed by atoms with Crippen molar-refractivity contribution in [1.82, 2.24) is 15.1 Å². The van der Waals surface area contributed by atoms with Gasteiger partial charge in [-0.15, -0.1) is 0 Å². The van der Waals surface area contributed by atoms with E-state index in [4.69, 9.17) is 0 Å². The molecule has 0 aromatic heterocycles. The summed E-state index contributed by atoms with van der Waals surface area (Å²) in [5, 5.41) is 12.8. The van der Waals surface area contributed by atoms with Crippen LogP contribution in [0.2, 0.25) is 0 Å². The minimum atomic E-state index is -0.199. The first-order valence-corrected chi connectivity index (χ1v) is 10.1. The lowest BCUT2D eigenvalue weighted by Crippen LogP contribution is -2.37. The Morgan fingerprint density at radius 2 is 1.86 bits per heavy atom. The van der Waals surface area contributed by atoms with Gasteiger partial charge in [-0.2, -0.15) is 0 Å². The number of β-amino-alcohol motifs (C(OH)–C–C–N with tert-alkyl or cyclic N) is 1. The molecule has 0 saturated carbocycles. The molecule has 0 bridgehead atoms. The maximum Gasteiger partial charge on any atom is 0.251 e. The van der Waals surface area contributed by atoms with Gasteiger partial charge in [-0.1, -0.05) is 48.5 Å². The van der Waals surface area contributed by atoms with Crippen molar-refractivity contribution < 1.29 is 9.90 Å². The van der Waals surface area contributed by atoms with Crippen LogP contribution in [-0.4, -0.2) is 66.7 Å². The van der Waals surface area contributed by atoms with E-state index < -0.39 is 0 Å². The Kier molecular flexibility index (Phi) is 7.60. The molecule has 0 radical (unpaired) electrons. The standard InChI is InChI=1S/C23H31N3O2/c1-25(15-8-14-24-23(28)20-11-6-3-7-12-20)22(19-9-4-2-5-10-19)18-26-16-13-21(27)17-26/h2-7,9-12,21-22,27H,8,13-18H2,1H3,(H,24,28)/t21-,22+/m0/s1. The molecular weight excluding hydrogens is 350 g/mol. The van der Waals surface area contributed by atoms with E-state index in [0.717, 1.165) is 39.0 Å². The Bertz CT molecular complexity index is 723. The van der Waals surface area contributed by atoms with Crippen LogP contribution in [0.5, 0.6) is 0 Å². The number of carbonyl (C=O) groups is 1. The topological polar surface area (TPSA) is 55.8 Å². The summed E-state index contributed by atoms with van der Waals surface area (Å²) < 4.78 is 0. The predicted octanol–water partition coefficient (Wildman–Crippen LogP) is 2.55. The SMILES string of the molecule is CN(CCCNC(=O)c1ccccc1)[C@H](CN1CC[C@H](O)C1)c1ccccc1. The molecule has 1 amide bonds. The molecule has 2 atom stereocenters. The van der Waals surface area contributed by atoms with E-state index in [1.54, 1.807) is 0 Å². The molecule has 1 aliphatic heterocycles. The number of carbonyl (C=O) groups excluding carboxylic acids is 1. The number of aliphatic hydroxyl groups is 1. The number of amides is 1. The molecule has 0 unspecified atom stereocenters. The summed E-state index contributed by atoms with van der Waals surface area (Å²) in [4.78, 5) is 16.8. The number of hydrogen-bond acceptors (Lipinski definition) is 4. The van der Waals surface area contributed by atoms with Gasteiger partial charge in [0.05, 0.1) is 6.10 Å². The highest BCUT2D eigenvalue weighted by Crippen LogP contribution is 2.23.